The lowest BCUT2D eigenvalue weighted by atomic mass is 10.0. The van der Waals surface area contributed by atoms with Gasteiger partial charge in [-0.2, -0.15) is 0 Å². The SMILES string of the molecule is C=C(C)/C(C)=C(\C)C(=C)C. The van der Waals surface area contributed by atoms with Gasteiger partial charge in [-0.15, -0.1) is 0 Å². The Labute approximate surface area is 64.0 Å². The second-order valence-corrected chi connectivity index (χ2v) is 2.81. The van der Waals surface area contributed by atoms with Gasteiger partial charge >= 0.3 is 0 Å². The molecule has 0 saturated carbocycles. The molecule has 0 saturated heterocycles. The number of hydrogen-bond donors (Lipinski definition) is 0. The van der Waals surface area contributed by atoms with E-state index in [1.165, 1.54) is 11.1 Å². The Morgan fingerprint density at radius 3 is 1.00 bits per heavy atom. The van der Waals surface area contributed by atoms with E-state index in [0.29, 0.717) is 0 Å². The van der Waals surface area contributed by atoms with Crippen LogP contribution in [0.5, 0.6) is 0 Å². The standard InChI is InChI=1S/C10H16/c1-7(2)9(5)10(6)8(3)4/h1,3H2,2,4-6H3/b10-9+. The van der Waals surface area contributed by atoms with E-state index < -0.39 is 0 Å². The Morgan fingerprint density at radius 1 is 0.700 bits per heavy atom. The van der Waals surface area contributed by atoms with E-state index >= 15 is 0 Å². The molecule has 0 N–H and O–H groups in total. The van der Waals surface area contributed by atoms with E-state index in [-0.39, 0.29) is 0 Å². The van der Waals surface area contributed by atoms with Crippen molar-refractivity contribution in [2.24, 2.45) is 0 Å². The second-order valence-electron chi connectivity index (χ2n) is 2.81. The smallest absolute Gasteiger partial charge is 0.0393 e. The quantitative estimate of drug-likeness (QED) is 0.510. The second kappa shape index (κ2) is 3.40. The molecule has 0 unspecified atom stereocenters. The van der Waals surface area contributed by atoms with Crippen LogP contribution >= 0.6 is 0 Å². The minimum atomic E-state index is 1.13. The van der Waals surface area contributed by atoms with Crippen LogP contribution in [-0.2, 0) is 0 Å². The summed E-state index contributed by atoms with van der Waals surface area (Å²) >= 11 is 0. The fourth-order valence-electron chi connectivity index (χ4n) is 0.640. The summed E-state index contributed by atoms with van der Waals surface area (Å²) in [6.07, 6.45) is 0. The predicted molar refractivity (Wildman–Crippen MR) is 48.0 cm³/mol. The molecule has 0 aliphatic heterocycles. The van der Waals surface area contributed by atoms with Crippen LogP contribution in [0.1, 0.15) is 27.7 Å². The fourth-order valence-corrected chi connectivity index (χ4v) is 0.640. The molecule has 0 aromatic heterocycles. The minimum absolute atomic E-state index is 1.13. The van der Waals surface area contributed by atoms with Crippen molar-refractivity contribution in [3.8, 4) is 0 Å². The summed E-state index contributed by atoms with van der Waals surface area (Å²) in [5, 5.41) is 0. The first-order valence-electron chi connectivity index (χ1n) is 3.46. The zero-order chi connectivity index (χ0) is 8.31. The van der Waals surface area contributed by atoms with E-state index in [9.17, 15) is 0 Å². The van der Waals surface area contributed by atoms with Gasteiger partial charge < -0.3 is 0 Å². The van der Waals surface area contributed by atoms with Crippen molar-refractivity contribution < 1.29 is 0 Å². The van der Waals surface area contributed by atoms with E-state index in [1.54, 1.807) is 0 Å². The molecule has 0 fully saturated rings. The van der Waals surface area contributed by atoms with Gasteiger partial charge in [0.15, 0.2) is 0 Å². The maximum absolute atomic E-state index is 3.86. The lowest BCUT2D eigenvalue weighted by Crippen LogP contribution is -1.85. The Hall–Kier alpha value is -0.780. The summed E-state index contributed by atoms with van der Waals surface area (Å²) in [6.45, 7) is 15.9. The van der Waals surface area contributed by atoms with Crippen LogP contribution < -0.4 is 0 Å². The first-order chi connectivity index (χ1) is 4.46. The molecule has 0 bridgehead atoms. The summed E-state index contributed by atoms with van der Waals surface area (Å²) in [4.78, 5) is 0. The van der Waals surface area contributed by atoms with E-state index in [0.717, 1.165) is 11.1 Å². The Morgan fingerprint density at radius 2 is 0.900 bits per heavy atom. The monoisotopic (exact) mass is 136 g/mol. The van der Waals surface area contributed by atoms with Gasteiger partial charge in [-0.25, -0.2) is 0 Å². The van der Waals surface area contributed by atoms with Gasteiger partial charge in [-0.3, -0.25) is 0 Å². The van der Waals surface area contributed by atoms with E-state index in [2.05, 4.69) is 27.0 Å². The number of rotatable bonds is 2. The summed E-state index contributed by atoms with van der Waals surface area (Å²) in [6, 6.07) is 0. The summed E-state index contributed by atoms with van der Waals surface area (Å²) in [7, 11) is 0. The first kappa shape index (κ1) is 9.22. The van der Waals surface area contributed by atoms with Crippen molar-refractivity contribution in [1.29, 1.82) is 0 Å². The van der Waals surface area contributed by atoms with Crippen LogP contribution in [0, 0.1) is 0 Å². The Balaban J connectivity index is 4.67. The zero-order valence-electron chi connectivity index (χ0n) is 7.41. The van der Waals surface area contributed by atoms with Gasteiger partial charge in [0.2, 0.25) is 0 Å². The normalized spacial score (nSPS) is 12.4. The maximum Gasteiger partial charge on any atom is -0.0393 e. The van der Waals surface area contributed by atoms with Crippen LogP contribution in [-0.4, -0.2) is 0 Å². The van der Waals surface area contributed by atoms with Crippen molar-refractivity contribution in [1.82, 2.24) is 0 Å². The molecule has 0 aromatic carbocycles. The van der Waals surface area contributed by atoms with Gasteiger partial charge in [0.05, 0.1) is 0 Å². The highest BCUT2D eigenvalue weighted by atomic mass is 14.0. The van der Waals surface area contributed by atoms with Crippen LogP contribution in [0.2, 0.25) is 0 Å². The van der Waals surface area contributed by atoms with Gasteiger partial charge in [-0.1, -0.05) is 24.3 Å². The molecular formula is C10H16. The molecule has 0 amide bonds. The van der Waals surface area contributed by atoms with Crippen LogP contribution in [0.4, 0.5) is 0 Å². The van der Waals surface area contributed by atoms with Crippen molar-refractivity contribution in [3.63, 3.8) is 0 Å². The maximum atomic E-state index is 3.86. The summed E-state index contributed by atoms with van der Waals surface area (Å²) in [5.74, 6) is 0. The molecule has 56 valence electrons. The third kappa shape index (κ3) is 2.22. The number of hydrogen-bond acceptors (Lipinski definition) is 0. The van der Waals surface area contributed by atoms with Gasteiger partial charge in [0.1, 0.15) is 0 Å². The average Bonchev–Trinajstić information content (AvgIpc) is 1.84. The Kier molecular flexibility index (Phi) is 3.14. The fraction of sp³-hybridized carbons (Fsp3) is 0.400. The number of allylic oxidation sites excluding steroid dienone is 4. The Bertz CT molecular complexity index is 170. The van der Waals surface area contributed by atoms with Crippen molar-refractivity contribution >= 4 is 0 Å². The highest BCUT2D eigenvalue weighted by molar-refractivity contribution is 5.38. The highest BCUT2D eigenvalue weighted by Gasteiger charge is 1.96. The molecule has 0 nitrogen and oxygen atoms in total. The molecule has 0 aromatic rings. The molecule has 0 spiro atoms. The predicted octanol–water partition coefficient (Wildman–Crippen LogP) is 3.48. The molecule has 0 heteroatoms. The van der Waals surface area contributed by atoms with Gasteiger partial charge in [-0.05, 0) is 38.8 Å². The van der Waals surface area contributed by atoms with Gasteiger partial charge in [0.25, 0.3) is 0 Å². The third-order valence-corrected chi connectivity index (χ3v) is 1.84. The van der Waals surface area contributed by atoms with Crippen molar-refractivity contribution in [2.45, 2.75) is 27.7 Å². The van der Waals surface area contributed by atoms with Gasteiger partial charge in [0, 0.05) is 0 Å². The molecule has 0 aliphatic rings. The minimum Gasteiger partial charge on any atom is -0.0958 e. The molecular weight excluding hydrogens is 120 g/mol. The lowest BCUT2D eigenvalue weighted by Gasteiger charge is -2.05. The molecule has 0 radical (unpaired) electrons. The van der Waals surface area contributed by atoms with Crippen molar-refractivity contribution in [3.05, 3.63) is 35.5 Å². The molecule has 0 atom stereocenters. The lowest BCUT2D eigenvalue weighted by molar-refractivity contribution is 1.23. The largest absolute Gasteiger partial charge is 0.0958 e. The van der Waals surface area contributed by atoms with Crippen LogP contribution in [0.25, 0.3) is 0 Å². The third-order valence-electron chi connectivity index (χ3n) is 1.84. The van der Waals surface area contributed by atoms with Crippen molar-refractivity contribution in [2.75, 3.05) is 0 Å². The molecule has 0 rings (SSSR count). The van der Waals surface area contributed by atoms with E-state index in [1.807, 2.05) is 13.8 Å². The average molecular weight is 136 g/mol. The summed E-state index contributed by atoms with van der Waals surface area (Å²) in [5.41, 5.74) is 4.76. The summed E-state index contributed by atoms with van der Waals surface area (Å²) < 4.78 is 0. The molecule has 10 heavy (non-hydrogen) atoms. The molecule has 0 aliphatic carbocycles. The van der Waals surface area contributed by atoms with E-state index in [4.69, 9.17) is 0 Å². The van der Waals surface area contributed by atoms with Crippen LogP contribution in [0.15, 0.2) is 35.5 Å². The first-order valence-corrected chi connectivity index (χ1v) is 3.46. The van der Waals surface area contributed by atoms with Crippen LogP contribution in [0.3, 0.4) is 0 Å². The zero-order valence-corrected chi connectivity index (χ0v) is 7.41. The topological polar surface area (TPSA) is 0 Å². The molecule has 0 heterocycles. The highest BCUT2D eigenvalue weighted by Crippen LogP contribution is 2.16.